The second-order valence-corrected chi connectivity index (χ2v) is 7.18. The van der Waals surface area contributed by atoms with E-state index in [0.717, 1.165) is 19.3 Å². The molecule has 5 nitrogen and oxygen atoms in total. The van der Waals surface area contributed by atoms with E-state index in [1.165, 1.54) is 0 Å². The molecule has 3 aliphatic rings. The summed E-state index contributed by atoms with van der Waals surface area (Å²) in [4.78, 5) is 26.6. The highest BCUT2D eigenvalue weighted by atomic mass is 16.5. The number of nitrogens with zero attached hydrogens (tertiary/aromatic N) is 1. The highest BCUT2D eigenvalue weighted by Gasteiger charge is 2.54. The molecule has 21 heavy (non-hydrogen) atoms. The van der Waals surface area contributed by atoms with Crippen LogP contribution >= 0.6 is 0 Å². The van der Waals surface area contributed by atoms with Crippen LogP contribution in [0.15, 0.2) is 0 Å². The van der Waals surface area contributed by atoms with Crippen molar-refractivity contribution in [3.63, 3.8) is 0 Å². The van der Waals surface area contributed by atoms with Crippen LogP contribution in [0, 0.1) is 11.3 Å². The summed E-state index contributed by atoms with van der Waals surface area (Å²) in [5, 5.41) is 2.93. The predicted octanol–water partition coefficient (Wildman–Crippen LogP) is 1.32. The zero-order chi connectivity index (χ0) is 15.2. The summed E-state index contributed by atoms with van der Waals surface area (Å²) in [5.74, 6) is 0.491. The van der Waals surface area contributed by atoms with Gasteiger partial charge in [0.1, 0.15) is 6.04 Å². The molecule has 0 spiro atoms. The molecular weight excluding hydrogens is 268 g/mol. The Kier molecular flexibility index (Phi) is 3.72. The van der Waals surface area contributed by atoms with Crippen molar-refractivity contribution in [2.45, 2.75) is 64.6 Å². The van der Waals surface area contributed by atoms with Gasteiger partial charge in [-0.2, -0.15) is 0 Å². The molecule has 2 aliphatic carbocycles. The maximum atomic E-state index is 12.8. The molecule has 0 aromatic heterocycles. The van der Waals surface area contributed by atoms with Crippen LogP contribution in [0.25, 0.3) is 0 Å². The molecule has 0 aromatic carbocycles. The lowest BCUT2D eigenvalue weighted by atomic mass is 9.63. The number of amides is 2. The summed E-state index contributed by atoms with van der Waals surface area (Å²) in [5.41, 5.74) is -0.0346. The van der Waals surface area contributed by atoms with Gasteiger partial charge < -0.3 is 15.0 Å². The van der Waals surface area contributed by atoms with Gasteiger partial charge >= 0.3 is 0 Å². The first-order valence-electron chi connectivity index (χ1n) is 8.16. The van der Waals surface area contributed by atoms with Gasteiger partial charge in [-0.3, -0.25) is 9.59 Å². The van der Waals surface area contributed by atoms with Gasteiger partial charge in [-0.25, -0.2) is 0 Å². The van der Waals surface area contributed by atoms with E-state index in [-0.39, 0.29) is 35.4 Å². The Morgan fingerprint density at radius 3 is 2.62 bits per heavy atom. The van der Waals surface area contributed by atoms with Gasteiger partial charge in [-0.15, -0.1) is 0 Å². The Bertz CT molecular complexity index is 445. The summed E-state index contributed by atoms with van der Waals surface area (Å²) in [6.45, 7) is 7.59. The zero-order valence-electron chi connectivity index (χ0n) is 13.2. The molecule has 1 aliphatic heterocycles. The number of ether oxygens (including phenoxy) is 1. The van der Waals surface area contributed by atoms with Crippen molar-refractivity contribution in [3.05, 3.63) is 0 Å². The van der Waals surface area contributed by atoms with Gasteiger partial charge in [0.05, 0.1) is 6.10 Å². The fourth-order valence-corrected chi connectivity index (χ4v) is 3.75. The van der Waals surface area contributed by atoms with Gasteiger partial charge in [0.2, 0.25) is 11.8 Å². The number of carbonyl (C=O) groups excluding carboxylic acids is 2. The van der Waals surface area contributed by atoms with Crippen molar-refractivity contribution in [2.24, 2.45) is 11.3 Å². The van der Waals surface area contributed by atoms with Crippen LogP contribution in [0.3, 0.4) is 0 Å². The third-order valence-corrected chi connectivity index (χ3v) is 5.41. The van der Waals surface area contributed by atoms with Crippen LogP contribution in [-0.2, 0) is 14.3 Å². The van der Waals surface area contributed by atoms with E-state index in [1.807, 2.05) is 11.8 Å². The van der Waals surface area contributed by atoms with Crippen LogP contribution in [0.2, 0.25) is 0 Å². The minimum Gasteiger partial charge on any atom is -0.378 e. The van der Waals surface area contributed by atoms with Crippen molar-refractivity contribution in [3.8, 4) is 0 Å². The normalized spacial score (nSPS) is 36.0. The average Bonchev–Trinajstić information content (AvgIpc) is 3.26. The van der Waals surface area contributed by atoms with E-state index in [4.69, 9.17) is 4.74 Å². The molecule has 118 valence electrons. The average molecular weight is 294 g/mol. The van der Waals surface area contributed by atoms with E-state index in [9.17, 15) is 9.59 Å². The molecule has 2 saturated carbocycles. The number of hydrogen-bond donors (Lipinski definition) is 1. The summed E-state index contributed by atoms with van der Waals surface area (Å²) in [6.07, 6.45) is 3.63. The van der Waals surface area contributed by atoms with Crippen molar-refractivity contribution in [1.29, 1.82) is 0 Å². The van der Waals surface area contributed by atoms with Crippen LogP contribution in [0.1, 0.15) is 46.5 Å². The van der Waals surface area contributed by atoms with Crippen molar-refractivity contribution in [1.82, 2.24) is 10.2 Å². The second kappa shape index (κ2) is 5.27. The van der Waals surface area contributed by atoms with E-state index in [2.05, 4.69) is 19.2 Å². The molecule has 3 atom stereocenters. The van der Waals surface area contributed by atoms with Crippen LogP contribution < -0.4 is 5.32 Å². The molecule has 2 amide bonds. The lowest BCUT2D eigenvalue weighted by Gasteiger charge is -2.55. The van der Waals surface area contributed by atoms with Crippen molar-refractivity contribution in [2.75, 3.05) is 13.2 Å². The molecule has 3 fully saturated rings. The largest absolute Gasteiger partial charge is 0.378 e. The lowest BCUT2D eigenvalue weighted by molar-refractivity contribution is -0.168. The van der Waals surface area contributed by atoms with Gasteiger partial charge in [-0.05, 0) is 32.1 Å². The van der Waals surface area contributed by atoms with Gasteiger partial charge in [-0.1, -0.05) is 13.8 Å². The van der Waals surface area contributed by atoms with Crippen molar-refractivity contribution >= 4 is 11.8 Å². The SMILES string of the molecule is CCOC1CC(N2CCC(=O)NC(C3CC3)C2=O)C1(C)C. The summed E-state index contributed by atoms with van der Waals surface area (Å²) in [7, 11) is 0. The zero-order valence-corrected chi connectivity index (χ0v) is 13.2. The Labute approximate surface area is 126 Å². The Morgan fingerprint density at radius 2 is 2.05 bits per heavy atom. The quantitative estimate of drug-likeness (QED) is 0.850. The first kappa shape index (κ1) is 14.8. The smallest absolute Gasteiger partial charge is 0.245 e. The molecule has 1 saturated heterocycles. The Morgan fingerprint density at radius 1 is 1.33 bits per heavy atom. The van der Waals surface area contributed by atoms with Crippen LogP contribution in [0.4, 0.5) is 0 Å². The first-order chi connectivity index (χ1) is 9.95. The minimum atomic E-state index is -0.290. The van der Waals surface area contributed by atoms with Gasteiger partial charge in [0, 0.05) is 31.0 Å². The molecule has 5 heteroatoms. The fourth-order valence-electron chi connectivity index (χ4n) is 3.75. The molecular formula is C16H26N2O3. The van der Waals surface area contributed by atoms with Crippen molar-refractivity contribution < 1.29 is 14.3 Å². The van der Waals surface area contributed by atoms with Crippen LogP contribution in [0.5, 0.6) is 0 Å². The third kappa shape index (κ3) is 2.56. The first-order valence-corrected chi connectivity index (χ1v) is 8.16. The number of hydrogen-bond acceptors (Lipinski definition) is 3. The third-order valence-electron chi connectivity index (χ3n) is 5.41. The van der Waals surface area contributed by atoms with Gasteiger partial charge in [0.15, 0.2) is 0 Å². The molecule has 0 radical (unpaired) electrons. The van der Waals surface area contributed by atoms with E-state index in [1.54, 1.807) is 0 Å². The molecule has 0 aromatic rings. The fraction of sp³-hybridized carbons (Fsp3) is 0.875. The predicted molar refractivity (Wildman–Crippen MR) is 78.6 cm³/mol. The number of carbonyl (C=O) groups is 2. The summed E-state index contributed by atoms with van der Waals surface area (Å²) < 4.78 is 5.77. The molecule has 0 bridgehead atoms. The number of nitrogens with one attached hydrogen (secondary N) is 1. The number of rotatable bonds is 4. The Hall–Kier alpha value is -1.10. The minimum absolute atomic E-state index is 0.0150. The van der Waals surface area contributed by atoms with Crippen LogP contribution in [-0.4, -0.2) is 48.1 Å². The van der Waals surface area contributed by atoms with Gasteiger partial charge in [0.25, 0.3) is 0 Å². The Balaban J connectivity index is 1.74. The molecule has 3 rings (SSSR count). The summed E-state index contributed by atoms with van der Waals surface area (Å²) in [6, 6.07) is -0.0996. The molecule has 1 N–H and O–H groups in total. The highest BCUT2D eigenvalue weighted by molar-refractivity contribution is 5.90. The van der Waals surface area contributed by atoms with E-state index < -0.39 is 0 Å². The molecule has 3 unspecified atom stereocenters. The van der Waals surface area contributed by atoms with E-state index in [0.29, 0.717) is 25.5 Å². The molecule has 1 heterocycles. The summed E-state index contributed by atoms with van der Waals surface area (Å²) >= 11 is 0. The topological polar surface area (TPSA) is 58.6 Å². The van der Waals surface area contributed by atoms with E-state index >= 15 is 0 Å². The monoisotopic (exact) mass is 294 g/mol. The second-order valence-electron chi connectivity index (χ2n) is 7.18. The maximum Gasteiger partial charge on any atom is 0.245 e. The highest BCUT2D eigenvalue weighted by Crippen LogP contribution is 2.47. The maximum absolute atomic E-state index is 12.8. The standard InChI is InChI=1S/C16H26N2O3/c1-4-21-12-9-11(16(12,2)3)18-8-7-13(19)17-14(15(18)20)10-5-6-10/h10-12,14H,4-9H2,1-3H3,(H,17,19). The lowest BCUT2D eigenvalue weighted by Crippen LogP contribution is -2.64.